The van der Waals surface area contributed by atoms with Gasteiger partial charge in [0.2, 0.25) is 10.6 Å². The molecule has 0 atom stereocenters. The summed E-state index contributed by atoms with van der Waals surface area (Å²) < 4.78 is 12.4. The number of anilines is 1. The minimum atomic E-state index is -0.404. The fraction of sp³-hybridized carbons (Fsp3) is 0.0323. The van der Waals surface area contributed by atoms with Crippen molar-refractivity contribution < 1.29 is 13.9 Å². The molecule has 0 bridgehead atoms. The zero-order valence-electron chi connectivity index (χ0n) is 20.8. The molecular weight excluding hydrogens is 510 g/mol. The van der Waals surface area contributed by atoms with E-state index in [1.54, 1.807) is 48.5 Å². The summed E-state index contributed by atoms with van der Waals surface area (Å²) in [5, 5.41) is 6.46. The van der Waals surface area contributed by atoms with Crippen molar-refractivity contribution in [2.24, 2.45) is 5.10 Å². The van der Waals surface area contributed by atoms with Crippen molar-refractivity contribution in [3.05, 3.63) is 130 Å². The Balaban J connectivity index is 1.36. The van der Waals surface area contributed by atoms with Gasteiger partial charge in [-0.05, 0) is 73.2 Å². The van der Waals surface area contributed by atoms with E-state index in [0.717, 1.165) is 15.8 Å². The Morgan fingerprint density at radius 2 is 1.69 bits per heavy atom. The van der Waals surface area contributed by atoms with E-state index in [0.29, 0.717) is 33.2 Å². The number of para-hydroxylation sites is 2. The van der Waals surface area contributed by atoms with Gasteiger partial charge in [-0.3, -0.25) is 9.59 Å². The van der Waals surface area contributed by atoms with Gasteiger partial charge in [0.05, 0.1) is 27.4 Å². The minimum absolute atomic E-state index is 0.218. The minimum Gasteiger partial charge on any atom is -0.463 e. The molecule has 190 valence electrons. The van der Waals surface area contributed by atoms with Crippen LogP contribution in [0, 0.1) is 6.92 Å². The molecule has 2 heterocycles. The van der Waals surface area contributed by atoms with Gasteiger partial charge < -0.3 is 9.15 Å². The van der Waals surface area contributed by atoms with E-state index in [1.165, 1.54) is 28.8 Å². The lowest BCUT2D eigenvalue weighted by atomic mass is 10.2. The zero-order chi connectivity index (χ0) is 26.8. The van der Waals surface area contributed by atoms with Crippen molar-refractivity contribution in [3.63, 3.8) is 0 Å². The highest BCUT2D eigenvalue weighted by Crippen LogP contribution is 2.31. The first-order valence-electron chi connectivity index (χ1n) is 12.1. The molecular formula is C31H21N3O4S. The quantitative estimate of drug-likeness (QED) is 0.168. The van der Waals surface area contributed by atoms with Crippen LogP contribution in [0.1, 0.15) is 21.5 Å². The van der Waals surface area contributed by atoms with Gasteiger partial charge in [0.15, 0.2) is 0 Å². The number of rotatable bonds is 6. The van der Waals surface area contributed by atoms with Crippen molar-refractivity contribution in [1.82, 2.24) is 4.98 Å². The monoisotopic (exact) mass is 531 g/mol. The number of aryl methyl sites for hydroxylation is 1. The van der Waals surface area contributed by atoms with Crippen LogP contribution in [0.4, 0.5) is 5.13 Å². The lowest BCUT2D eigenvalue weighted by Crippen LogP contribution is -2.26. The maximum absolute atomic E-state index is 13.7. The van der Waals surface area contributed by atoms with Crippen LogP contribution in [0.3, 0.4) is 0 Å². The highest BCUT2D eigenvalue weighted by Gasteiger charge is 2.21. The zero-order valence-corrected chi connectivity index (χ0v) is 21.6. The van der Waals surface area contributed by atoms with Crippen LogP contribution in [-0.4, -0.2) is 17.1 Å². The van der Waals surface area contributed by atoms with Crippen LogP contribution in [0.2, 0.25) is 0 Å². The maximum Gasteiger partial charge on any atom is 0.280 e. The third kappa shape index (κ3) is 5.05. The number of hydrazone groups is 1. The fourth-order valence-electron chi connectivity index (χ4n) is 4.01. The Labute approximate surface area is 227 Å². The molecule has 0 N–H and O–H groups in total. The molecule has 6 aromatic rings. The smallest absolute Gasteiger partial charge is 0.280 e. The fourth-order valence-corrected chi connectivity index (χ4v) is 5.03. The molecule has 6 rings (SSSR count). The number of aromatic nitrogens is 1. The lowest BCUT2D eigenvalue weighted by molar-refractivity contribution is 0.0988. The van der Waals surface area contributed by atoms with Gasteiger partial charge in [-0.15, -0.1) is 0 Å². The summed E-state index contributed by atoms with van der Waals surface area (Å²) in [5.41, 5.74) is 2.68. The average molecular weight is 532 g/mol. The molecule has 39 heavy (non-hydrogen) atoms. The molecule has 0 saturated carbocycles. The molecule has 0 unspecified atom stereocenters. The van der Waals surface area contributed by atoms with Crippen LogP contribution < -0.4 is 15.2 Å². The molecule has 4 aromatic carbocycles. The summed E-state index contributed by atoms with van der Waals surface area (Å²) in [4.78, 5) is 31.4. The molecule has 0 aliphatic carbocycles. The number of carbonyl (C=O) groups excluding carboxylic acids is 1. The summed E-state index contributed by atoms with van der Waals surface area (Å²) in [5.74, 6) is 0.886. The lowest BCUT2D eigenvalue weighted by Gasteiger charge is -2.14. The van der Waals surface area contributed by atoms with Crippen LogP contribution in [0.15, 0.2) is 118 Å². The van der Waals surface area contributed by atoms with Crippen molar-refractivity contribution in [1.29, 1.82) is 0 Å². The number of carbonyl (C=O) groups is 1. The van der Waals surface area contributed by atoms with Crippen LogP contribution >= 0.6 is 11.3 Å². The Morgan fingerprint density at radius 1 is 0.949 bits per heavy atom. The number of thiazole rings is 1. The number of fused-ring (bicyclic) bond motifs is 2. The molecule has 0 fully saturated rings. The van der Waals surface area contributed by atoms with Gasteiger partial charge in [-0.2, -0.15) is 10.1 Å². The molecule has 8 heteroatoms. The number of ether oxygens (including phenoxy) is 1. The summed E-state index contributed by atoms with van der Waals surface area (Å²) >= 11 is 1.34. The van der Waals surface area contributed by atoms with Crippen molar-refractivity contribution in [3.8, 4) is 11.5 Å². The molecule has 0 radical (unpaired) electrons. The standard InChI is InChI=1S/C31H21N3O4S/c1-20-11-16-26-28(17-20)39-31(33-26)34(32-18-22-19-37-27-10-6-5-9-25(27)29(22)35)30(36)21-12-14-24(15-13-21)38-23-7-3-2-4-8-23/h2-19H,1H3/b32-18+. The third-order valence-electron chi connectivity index (χ3n) is 6.01. The van der Waals surface area contributed by atoms with E-state index >= 15 is 0 Å². The second-order valence-electron chi connectivity index (χ2n) is 8.78. The number of nitrogens with zero attached hydrogens (tertiary/aromatic N) is 3. The normalized spacial score (nSPS) is 11.3. The Morgan fingerprint density at radius 3 is 2.51 bits per heavy atom. The molecule has 2 aromatic heterocycles. The molecule has 7 nitrogen and oxygen atoms in total. The maximum atomic E-state index is 13.7. The number of hydrogen-bond donors (Lipinski definition) is 0. The van der Waals surface area contributed by atoms with Crippen molar-refractivity contribution in [2.45, 2.75) is 6.92 Å². The largest absolute Gasteiger partial charge is 0.463 e. The first kappa shape index (κ1) is 24.3. The van der Waals surface area contributed by atoms with E-state index in [2.05, 4.69) is 10.1 Å². The Bertz CT molecular complexity index is 1890. The molecule has 0 aliphatic heterocycles. The SMILES string of the molecule is Cc1ccc2nc(N(/N=C/c3coc4ccccc4c3=O)C(=O)c3ccc(Oc4ccccc4)cc3)sc2c1. The second kappa shape index (κ2) is 10.4. The number of amides is 1. The predicted octanol–water partition coefficient (Wildman–Crippen LogP) is 7.18. The van der Waals surface area contributed by atoms with E-state index in [4.69, 9.17) is 9.15 Å². The van der Waals surface area contributed by atoms with Gasteiger partial charge in [-0.1, -0.05) is 47.7 Å². The molecule has 0 aliphatic rings. The van der Waals surface area contributed by atoms with Gasteiger partial charge in [-0.25, -0.2) is 4.98 Å². The van der Waals surface area contributed by atoms with E-state index in [1.807, 2.05) is 55.5 Å². The van der Waals surface area contributed by atoms with E-state index in [9.17, 15) is 9.59 Å². The molecule has 0 saturated heterocycles. The average Bonchev–Trinajstić information content (AvgIpc) is 3.38. The highest BCUT2D eigenvalue weighted by molar-refractivity contribution is 7.22. The Kier molecular flexibility index (Phi) is 6.44. The topological polar surface area (TPSA) is 85.0 Å². The highest BCUT2D eigenvalue weighted by atomic mass is 32.1. The summed E-state index contributed by atoms with van der Waals surface area (Å²) in [6.07, 6.45) is 2.68. The Hall–Kier alpha value is -5.08. The van der Waals surface area contributed by atoms with Gasteiger partial charge >= 0.3 is 0 Å². The number of benzene rings is 4. The first-order valence-corrected chi connectivity index (χ1v) is 13.0. The summed E-state index contributed by atoms with van der Waals surface area (Å²) in [6.45, 7) is 2.00. The van der Waals surface area contributed by atoms with Gasteiger partial charge in [0, 0.05) is 5.56 Å². The predicted molar refractivity (Wildman–Crippen MR) is 154 cm³/mol. The third-order valence-corrected chi connectivity index (χ3v) is 7.00. The van der Waals surface area contributed by atoms with Crippen LogP contribution in [-0.2, 0) is 0 Å². The summed E-state index contributed by atoms with van der Waals surface area (Å²) in [7, 11) is 0. The van der Waals surface area contributed by atoms with Crippen LogP contribution in [0.5, 0.6) is 11.5 Å². The van der Waals surface area contributed by atoms with E-state index in [-0.39, 0.29) is 11.0 Å². The second-order valence-corrected chi connectivity index (χ2v) is 9.79. The molecule has 0 spiro atoms. The van der Waals surface area contributed by atoms with Crippen molar-refractivity contribution >= 4 is 49.8 Å². The van der Waals surface area contributed by atoms with Crippen LogP contribution in [0.25, 0.3) is 21.2 Å². The van der Waals surface area contributed by atoms with Gasteiger partial charge in [0.1, 0.15) is 23.3 Å². The first-order chi connectivity index (χ1) is 19.0. The van der Waals surface area contributed by atoms with Crippen molar-refractivity contribution in [2.75, 3.05) is 5.01 Å². The summed E-state index contributed by atoms with van der Waals surface area (Å²) in [6, 6.07) is 29.1. The van der Waals surface area contributed by atoms with Gasteiger partial charge in [0.25, 0.3) is 5.91 Å². The molecule has 1 amide bonds. The number of hydrogen-bond acceptors (Lipinski definition) is 7. The van der Waals surface area contributed by atoms with E-state index < -0.39 is 5.91 Å².